The van der Waals surface area contributed by atoms with Crippen LogP contribution < -0.4 is 5.32 Å². The third-order valence-electron chi connectivity index (χ3n) is 2.47. The minimum Gasteiger partial charge on any atom is -0.378 e. The molecular weight excluding hydrogens is 315 g/mol. The van der Waals surface area contributed by atoms with Gasteiger partial charge in [0.1, 0.15) is 11.6 Å². The normalized spacial score (nSPS) is 10.6. The largest absolute Gasteiger partial charge is 0.378 e. The molecule has 0 amide bonds. The Kier molecular flexibility index (Phi) is 4.50. The maximum absolute atomic E-state index is 13.1. The Morgan fingerprint density at radius 2 is 1.47 bits per heavy atom. The molecule has 2 aromatic rings. The molecule has 2 rings (SSSR count). The number of benzene rings is 2. The lowest BCUT2D eigenvalue weighted by Gasteiger charge is -2.11. The maximum Gasteiger partial charge on any atom is 0.126 e. The van der Waals surface area contributed by atoms with Gasteiger partial charge in [0, 0.05) is 11.6 Å². The van der Waals surface area contributed by atoms with Crippen molar-refractivity contribution < 1.29 is 8.78 Å². The summed E-state index contributed by atoms with van der Waals surface area (Å²) in [4.78, 5) is 0. The van der Waals surface area contributed by atoms with E-state index >= 15 is 0 Å². The lowest BCUT2D eigenvalue weighted by atomic mass is 10.2. The number of rotatable bonds is 3. The van der Waals surface area contributed by atoms with E-state index in [1.54, 1.807) is 0 Å². The predicted octanol–water partition coefficient (Wildman–Crippen LogP) is 5.54. The summed E-state index contributed by atoms with van der Waals surface area (Å²) >= 11 is 17.7. The Bertz CT molecular complexity index is 594. The molecule has 0 fully saturated rings. The van der Waals surface area contributed by atoms with E-state index in [-0.39, 0.29) is 16.6 Å². The molecule has 1 N–H and O–H groups in total. The van der Waals surface area contributed by atoms with Gasteiger partial charge in [0.05, 0.1) is 15.7 Å². The Morgan fingerprint density at radius 1 is 0.842 bits per heavy atom. The quantitative estimate of drug-likeness (QED) is 0.782. The molecule has 0 aliphatic heterocycles. The van der Waals surface area contributed by atoms with Gasteiger partial charge >= 0.3 is 0 Å². The van der Waals surface area contributed by atoms with Gasteiger partial charge in [-0.1, -0.05) is 34.8 Å². The fourth-order valence-electron chi connectivity index (χ4n) is 1.57. The van der Waals surface area contributed by atoms with Crippen LogP contribution in [0.5, 0.6) is 0 Å². The summed E-state index contributed by atoms with van der Waals surface area (Å²) in [5.41, 5.74) is 0.934. The topological polar surface area (TPSA) is 12.0 Å². The molecule has 1 nitrogen and oxygen atoms in total. The first kappa shape index (κ1) is 14.4. The van der Waals surface area contributed by atoms with Crippen molar-refractivity contribution in [1.29, 1.82) is 0 Å². The van der Waals surface area contributed by atoms with E-state index in [1.165, 1.54) is 18.2 Å². The second-order valence-corrected chi connectivity index (χ2v) is 5.06. The second kappa shape index (κ2) is 5.95. The van der Waals surface area contributed by atoms with Gasteiger partial charge in [0.2, 0.25) is 0 Å². The summed E-state index contributed by atoms with van der Waals surface area (Å²) in [5, 5.41) is 3.63. The summed E-state index contributed by atoms with van der Waals surface area (Å²) in [6, 6.07) is 6.32. The second-order valence-electron chi connectivity index (χ2n) is 3.83. The molecule has 19 heavy (non-hydrogen) atoms. The summed E-state index contributed by atoms with van der Waals surface area (Å²) in [7, 11) is 0. The number of anilines is 1. The summed E-state index contributed by atoms with van der Waals surface area (Å²) in [6.07, 6.45) is 0. The molecule has 100 valence electrons. The van der Waals surface area contributed by atoms with E-state index in [0.29, 0.717) is 16.3 Å². The van der Waals surface area contributed by atoms with E-state index in [9.17, 15) is 8.78 Å². The van der Waals surface area contributed by atoms with Crippen LogP contribution in [0.1, 0.15) is 5.56 Å². The van der Waals surface area contributed by atoms with Crippen LogP contribution >= 0.6 is 34.8 Å². The highest BCUT2D eigenvalue weighted by molar-refractivity contribution is 6.39. The van der Waals surface area contributed by atoms with Gasteiger partial charge < -0.3 is 5.32 Å². The van der Waals surface area contributed by atoms with Crippen LogP contribution in [-0.4, -0.2) is 0 Å². The predicted molar refractivity (Wildman–Crippen MR) is 75.2 cm³/mol. The van der Waals surface area contributed by atoms with Crippen molar-refractivity contribution in [1.82, 2.24) is 0 Å². The van der Waals surface area contributed by atoms with Crippen molar-refractivity contribution >= 4 is 40.5 Å². The van der Waals surface area contributed by atoms with Crippen molar-refractivity contribution in [2.45, 2.75) is 6.54 Å². The number of hydrogen-bond acceptors (Lipinski definition) is 1. The molecule has 0 aromatic heterocycles. The first-order chi connectivity index (χ1) is 8.97. The summed E-state index contributed by atoms with van der Waals surface area (Å²) < 4.78 is 26.1. The van der Waals surface area contributed by atoms with Crippen LogP contribution in [0.2, 0.25) is 15.1 Å². The molecule has 0 radical (unpaired) electrons. The molecular formula is C13H8Cl3F2N. The van der Waals surface area contributed by atoms with Crippen molar-refractivity contribution in [2.24, 2.45) is 0 Å². The van der Waals surface area contributed by atoms with E-state index in [2.05, 4.69) is 5.32 Å². The van der Waals surface area contributed by atoms with Crippen LogP contribution in [0.3, 0.4) is 0 Å². The zero-order valence-electron chi connectivity index (χ0n) is 9.48. The average Bonchev–Trinajstić information content (AvgIpc) is 2.32. The van der Waals surface area contributed by atoms with Gasteiger partial charge in [-0.15, -0.1) is 0 Å². The fraction of sp³-hybridized carbons (Fsp3) is 0.0769. The van der Waals surface area contributed by atoms with Gasteiger partial charge in [0.15, 0.2) is 0 Å². The monoisotopic (exact) mass is 321 g/mol. The van der Waals surface area contributed by atoms with E-state index < -0.39 is 11.6 Å². The molecule has 0 spiro atoms. The number of nitrogens with one attached hydrogen (secondary N) is 1. The van der Waals surface area contributed by atoms with E-state index in [1.807, 2.05) is 0 Å². The molecule has 2 aromatic carbocycles. The number of halogens is 5. The van der Waals surface area contributed by atoms with Crippen molar-refractivity contribution in [2.75, 3.05) is 5.32 Å². The van der Waals surface area contributed by atoms with Crippen molar-refractivity contribution in [3.05, 3.63) is 62.6 Å². The van der Waals surface area contributed by atoms with E-state index in [4.69, 9.17) is 34.8 Å². The van der Waals surface area contributed by atoms with Crippen molar-refractivity contribution in [3.63, 3.8) is 0 Å². The zero-order valence-corrected chi connectivity index (χ0v) is 11.8. The van der Waals surface area contributed by atoms with E-state index in [0.717, 1.165) is 12.1 Å². The molecule has 0 unspecified atom stereocenters. The van der Waals surface area contributed by atoms with Crippen LogP contribution in [0.15, 0.2) is 30.3 Å². The highest BCUT2D eigenvalue weighted by Gasteiger charge is 2.09. The summed E-state index contributed by atoms with van der Waals surface area (Å²) in [5.74, 6) is -0.915. The van der Waals surface area contributed by atoms with Crippen molar-refractivity contribution in [3.8, 4) is 0 Å². The molecule has 0 atom stereocenters. The Balaban J connectivity index is 2.21. The maximum atomic E-state index is 13.1. The first-order valence-corrected chi connectivity index (χ1v) is 6.43. The molecule has 0 saturated carbocycles. The SMILES string of the molecule is Fc1cc(Cl)c(NCc2cc(F)ccc2Cl)c(Cl)c1. The van der Waals surface area contributed by atoms with Crippen LogP contribution in [-0.2, 0) is 6.54 Å². The molecule has 6 heteroatoms. The fourth-order valence-corrected chi connectivity index (χ4v) is 2.35. The van der Waals surface area contributed by atoms with Crippen LogP contribution in [0.4, 0.5) is 14.5 Å². The third-order valence-corrected chi connectivity index (χ3v) is 3.44. The highest BCUT2D eigenvalue weighted by atomic mass is 35.5. The lowest BCUT2D eigenvalue weighted by molar-refractivity contribution is 0.626. The molecule has 0 aliphatic carbocycles. The lowest BCUT2D eigenvalue weighted by Crippen LogP contribution is -2.02. The molecule has 0 saturated heterocycles. The van der Waals surface area contributed by atoms with Gasteiger partial charge in [0.25, 0.3) is 0 Å². The average molecular weight is 323 g/mol. The van der Waals surface area contributed by atoms with Gasteiger partial charge in [-0.25, -0.2) is 8.78 Å². The summed E-state index contributed by atoms with van der Waals surface area (Å²) in [6.45, 7) is 0.224. The standard InChI is InChI=1S/C13H8Cl3F2N/c14-10-2-1-8(17)3-7(10)6-19-13-11(15)4-9(18)5-12(13)16/h1-5,19H,6H2. The number of hydrogen-bond donors (Lipinski definition) is 1. The highest BCUT2D eigenvalue weighted by Crippen LogP contribution is 2.32. The first-order valence-electron chi connectivity index (χ1n) is 5.29. The zero-order chi connectivity index (χ0) is 14.0. The molecule has 0 aliphatic rings. The Morgan fingerprint density at radius 3 is 2.11 bits per heavy atom. The minimum atomic E-state index is -0.524. The van der Waals surface area contributed by atoms with Crippen LogP contribution in [0.25, 0.3) is 0 Å². The van der Waals surface area contributed by atoms with Crippen LogP contribution in [0, 0.1) is 11.6 Å². The minimum absolute atomic E-state index is 0.150. The van der Waals surface area contributed by atoms with Gasteiger partial charge in [-0.05, 0) is 35.9 Å². The third kappa shape index (κ3) is 3.50. The smallest absolute Gasteiger partial charge is 0.126 e. The molecule has 0 bridgehead atoms. The Labute approximate surface area is 124 Å². The van der Waals surface area contributed by atoms with Gasteiger partial charge in [-0.3, -0.25) is 0 Å². The molecule has 0 heterocycles. The van der Waals surface area contributed by atoms with Gasteiger partial charge in [-0.2, -0.15) is 0 Å². The Hall–Kier alpha value is -1.03.